The molecule has 5 nitrogen and oxygen atoms in total. The first-order valence-corrected chi connectivity index (χ1v) is 8.75. The topological polar surface area (TPSA) is 57.7 Å². The summed E-state index contributed by atoms with van der Waals surface area (Å²) < 4.78 is 0. The molecule has 2 aromatic carbocycles. The Morgan fingerprint density at radius 1 is 1.00 bits per heavy atom. The van der Waals surface area contributed by atoms with Crippen LogP contribution in [0.4, 0.5) is 10.5 Å². The molecule has 0 bridgehead atoms. The largest absolute Gasteiger partial charge is 0.332 e. The first kappa shape index (κ1) is 17.9. The second-order valence-electron chi connectivity index (χ2n) is 6.56. The number of benzene rings is 2. The summed E-state index contributed by atoms with van der Waals surface area (Å²) in [4.78, 5) is 40.3. The number of ketones is 1. The Kier molecular flexibility index (Phi) is 4.89. The fourth-order valence-corrected chi connectivity index (χ4v) is 3.07. The van der Waals surface area contributed by atoms with Crippen molar-refractivity contribution in [1.29, 1.82) is 0 Å². The molecule has 3 rings (SSSR count). The molecule has 1 atom stereocenters. The third-order valence-corrected chi connectivity index (χ3v) is 4.75. The molecule has 0 aromatic heterocycles. The summed E-state index contributed by atoms with van der Waals surface area (Å²) in [7, 11) is 0. The van der Waals surface area contributed by atoms with E-state index in [2.05, 4.69) is 0 Å². The van der Waals surface area contributed by atoms with Crippen LogP contribution in [0.2, 0.25) is 0 Å². The van der Waals surface area contributed by atoms with Crippen LogP contribution < -0.4 is 4.90 Å². The van der Waals surface area contributed by atoms with Crippen molar-refractivity contribution in [2.24, 2.45) is 0 Å². The Morgan fingerprint density at radius 2 is 1.62 bits per heavy atom. The Balaban J connectivity index is 1.79. The first-order chi connectivity index (χ1) is 12.4. The van der Waals surface area contributed by atoms with E-state index in [1.807, 2.05) is 50.2 Å². The third-order valence-electron chi connectivity index (χ3n) is 4.75. The van der Waals surface area contributed by atoms with E-state index in [9.17, 15) is 14.4 Å². The Bertz CT molecular complexity index is 841. The minimum absolute atomic E-state index is 0.240. The average molecular weight is 350 g/mol. The number of imide groups is 1. The lowest BCUT2D eigenvalue weighted by Crippen LogP contribution is -2.37. The van der Waals surface area contributed by atoms with Gasteiger partial charge in [-0.2, -0.15) is 0 Å². The van der Waals surface area contributed by atoms with Gasteiger partial charge in [-0.3, -0.25) is 19.4 Å². The summed E-state index contributed by atoms with van der Waals surface area (Å²) in [5.74, 6) is -0.596. The molecule has 1 heterocycles. The van der Waals surface area contributed by atoms with Gasteiger partial charge in [0.05, 0.1) is 6.54 Å². The lowest BCUT2D eigenvalue weighted by molar-refractivity contribution is -0.126. The third kappa shape index (κ3) is 3.25. The number of amides is 3. The molecule has 3 amide bonds. The second-order valence-corrected chi connectivity index (χ2v) is 6.56. The number of hydrogen-bond donors (Lipinski definition) is 0. The van der Waals surface area contributed by atoms with E-state index in [1.54, 1.807) is 19.1 Å². The van der Waals surface area contributed by atoms with Gasteiger partial charge in [-0.05, 0) is 38.0 Å². The molecule has 0 aliphatic carbocycles. The van der Waals surface area contributed by atoms with Crippen LogP contribution in [0.1, 0.15) is 35.3 Å². The molecule has 0 radical (unpaired) electrons. The second kappa shape index (κ2) is 7.12. The number of aryl methyl sites for hydroxylation is 2. The number of hydrogen-bond acceptors (Lipinski definition) is 3. The average Bonchev–Trinajstić information content (AvgIpc) is 2.86. The van der Waals surface area contributed by atoms with Crippen molar-refractivity contribution in [2.75, 3.05) is 11.4 Å². The van der Waals surface area contributed by atoms with Gasteiger partial charge in [0.2, 0.25) is 0 Å². The van der Waals surface area contributed by atoms with Crippen LogP contribution in [-0.2, 0) is 11.2 Å². The van der Waals surface area contributed by atoms with Crippen molar-refractivity contribution in [3.05, 3.63) is 65.2 Å². The monoisotopic (exact) mass is 350 g/mol. The zero-order chi connectivity index (χ0) is 18.8. The summed E-state index contributed by atoms with van der Waals surface area (Å²) in [5, 5.41) is 0. The smallest absolute Gasteiger partial charge is 0.292 e. The maximum absolute atomic E-state index is 12.8. The van der Waals surface area contributed by atoms with Gasteiger partial charge >= 0.3 is 6.03 Å². The minimum Gasteiger partial charge on any atom is -0.292 e. The van der Waals surface area contributed by atoms with Crippen molar-refractivity contribution >= 4 is 23.4 Å². The fourth-order valence-electron chi connectivity index (χ4n) is 3.07. The maximum Gasteiger partial charge on any atom is 0.332 e. The van der Waals surface area contributed by atoms with Gasteiger partial charge in [-0.25, -0.2) is 4.79 Å². The van der Waals surface area contributed by atoms with E-state index in [0.717, 1.165) is 22.4 Å². The van der Waals surface area contributed by atoms with E-state index < -0.39 is 12.1 Å². The highest BCUT2D eigenvalue weighted by Crippen LogP contribution is 2.26. The number of anilines is 1. The highest BCUT2D eigenvalue weighted by atomic mass is 16.2. The van der Waals surface area contributed by atoms with E-state index in [4.69, 9.17) is 0 Å². The maximum atomic E-state index is 12.8. The van der Waals surface area contributed by atoms with Crippen LogP contribution in [-0.4, -0.2) is 35.2 Å². The highest BCUT2D eigenvalue weighted by molar-refractivity contribution is 6.16. The molecule has 1 aliphatic heterocycles. The first-order valence-electron chi connectivity index (χ1n) is 8.75. The van der Waals surface area contributed by atoms with Crippen LogP contribution in [0.3, 0.4) is 0 Å². The number of Topliss-reactive ketones (excluding diaryl/α,β-unsaturated/α-hetero) is 1. The molecular formula is C21H22N2O3. The molecule has 26 heavy (non-hydrogen) atoms. The molecule has 1 saturated heterocycles. The molecule has 1 aliphatic rings. The molecule has 2 aromatic rings. The number of carbonyl (C=O) groups is 3. The molecule has 0 unspecified atom stereocenters. The summed E-state index contributed by atoms with van der Waals surface area (Å²) in [5.41, 5.74) is 3.36. The molecule has 134 valence electrons. The zero-order valence-corrected chi connectivity index (χ0v) is 15.2. The molecule has 1 fully saturated rings. The Hall–Kier alpha value is -2.95. The van der Waals surface area contributed by atoms with Gasteiger partial charge in [-0.15, -0.1) is 0 Å². The lowest BCUT2D eigenvalue weighted by atomic mass is 10.1. The van der Waals surface area contributed by atoms with Crippen LogP contribution in [0, 0.1) is 6.92 Å². The summed E-state index contributed by atoms with van der Waals surface area (Å²) >= 11 is 0. The van der Waals surface area contributed by atoms with Crippen LogP contribution >= 0.6 is 0 Å². The van der Waals surface area contributed by atoms with Gasteiger partial charge < -0.3 is 0 Å². The lowest BCUT2D eigenvalue weighted by Gasteiger charge is -2.19. The molecule has 0 saturated carbocycles. The predicted molar refractivity (Wildman–Crippen MR) is 100 cm³/mol. The van der Waals surface area contributed by atoms with Gasteiger partial charge in [-0.1, -0.05) is 48.9 Å². The van der Waals surface area contributed by atoms with Gasteiger partial charge in [0.25, 0.3) is 5.91 Å². The number of nitrogens with zero attached hydrogens (tertiary/aromatic N) is 2. The standard InChI is InChI=1S/C21H22N2O3/c1-4-16-7-9-17(10-8-16)19(24)13-22-20(25)15(3)23(21(22)26)18-11-5-14(2)6-12-18/h5-12,15H,4,13H2,1-3H3/t15-/m1/s1. The number of urea groups is 1. The number of rotatable bonds is 5. The summed E-state index contributed by atoms with van der Waals surface area (Å²) in [6.45, 7) is 5.44. The molecule has 0 spiro atoms. The van der Waals surface area contributed by atoms with E-state index in [0.29, 0.717) is 11.3 Å². The van der Waals surface area contributed by atoms with Crippen LogP contribution in [0.5, 0.6) is 0 Å². The predicted octanol–water partition coefficient (Wildman–Crippen LogP) is 3.60. The molecular weight excluding hydrogens is 328 g/mol. The van der Waals surface area contributed by atoms with Gasteiger partial charge in [0, 0.05) is 11.3 Å². The van der Waals surface area contributed by atoms with E-state index in [-0.39, 0.29) is 18.2 Å². The fraction of sp³-hybridized carbons (Fsp3) is 0.286. The molecule has 0 N–H and O–H groups in total. The van der Waals surface area contributed by atoms with Gasteiger partial charge in [0.15, 0.2) is 5.78 Å². The van der Waals surface area contributed by atoms with Crippen molar-refractivity contribution in [3.8, 4) is 0 Å². The van der Waals surface area contributed by atoms with E-state index >= 15 is 0 Å². The zero-order valence-electron chi connectivity index (χ0n) is 15.2. The summed E-state index contributed by atoms with van der Waals surface area (Å²) in [6, 6.07) is 13.6. The van der Waals surface area contributed by atoms with Crippen molar-refractivity contribution in [2.45, 2.75) is 33.2 Å². The Labute approximate surface area is 153 Å². The SMILES string of the molecule is CCc1ccc(C(=O)CN2C(=O)[C@@H](C)N(c3ccc(C)cc3)C2=O)cc1. The van der Waals surface area contributed by atoms with Crippen molar-refractivity contribution in [3.63, 3.8) is 0 Å². The van der Waals surface area contributed by atoms with E-state index in [1.165, 1.54) is 4.90 Å². The molecule has 5 heteroatoms. The number of carbonyl (C=O) groups excluding carboxylic acids is 3. The minimum atomic E-state index is -0.625. The highest BCUT2D eigenvalue weighted by Gasteiger charge is 2.44. The quantitative estimate of drug-likeness (QED) is 0.611. The summed E-state index contributed by atoms with van der Waals surface area (Å²) in [6.07, 6.45) is 0.889. The normalized spacial score (nSPS) is 17.1. The Morgan fingerprint density at radius 3 is 2.19 bits per heavy atom. The van der Waals surface area contributed by atoms with Crippen molar-refractivity contribution < 1.29 is 14.4 Å². The van der Waals surface area contributed by atoms with Crippen molar-refractivity contribution in [1.82, 2.24) is 4.90 Å². The van der Waals surface area contributed by atoms with Gasteiger partial charge in [0.1, 0.15) is 6.04 Å². The van der Waals surface area contributed by atoms with Crippen LogP contribution in [0.15, 0.2) is 48.5 Å². The van der Waals surface area contributed by atoms with Crippen LogP contribution in [0.25, 0.3) is 0 Å².